The van der Waals surface area contributed by atoms with Crippen LogP contribution >= 0.6 is 0 Å². The first-order chi connectivity index (χ1) is 11.3. The molecule has 0 aliphatic carbocycles. The van der Waals surface area contributed by atoms with Crippen LogP contribution in [0.5, 0.6) is 0 Å². The Morgan fingerprint density at radius 3 is 2.21 bits per heavy atom. The monoisotopic (exact) mass is 327 g/mol. The van der Waals surface area contributed by atoms with E-state index in [1.165, 1.54) is 12.1 Å². The number of carbonyl (C=O) groups excluding carboxylic acids is 1. The molecule has 0 heterocycles. The minimum atomic E-state index is -0.520. The lowest BCUT2D eigenvalue weighted by Gasteiger charge is -2.32. The van der Waals surface area contributed by atoms with Gasteiger partial charge in [0.2, 0.25) is 0 Å². The summed E-state index contributed by atoms with van der Waals surface area (Å²) in [6.07, 6.45) is 0. The summed E-state index contributed by atoms with van der Waals surface area (Å²) in [6, 6.07) is 15.0. The standard InChI is InChI=1S/C18H21N3O3/c1-18(2,3)16(13-9-5-4-6-10-13)20-17(22)19-14-11-7-8-12-15(14)21(23)24/h4-12,16H,1-3H3,(H2,19,20,22). The highest BCUT2D eigenvalue weighted by atomic mass is 16.6. The third-order valence-electron chi connectivity index (χ3n) is 3.62. The van der Waals surface area contributed by atoms with Gasteiger partial charge in [-0.25, -0.2) is 4.79 Å². The normalized spacial score (nSPS) is 12.3. The summed E-state index contributed by atoms with van der Waals surface area (Å²) in [5, 5.41) is 16.5. The fourth-order valence-electron chi connectivity index (χ4n) is 2.47. The molecule has 2 aromatic rings. The number of rotatable bonds is 4. The number of carbonyl (C=O) groups is 1. The Morgan fingerprint density at radius 1 is 1.04 bits per heavy atom. The van der Waals surface area contributed by atoms with Crippen LogP contribution in [0.25, 0.3) is 0 Å². The SMILES string of the molecule is CC(C)(C)C(NC(=O)Nc1ccccc1[N+](=O)[O-])c1ccccc1. The highest BCUT2D eigenvalue weighted by molar-refractivity contribution is 5.92. The Bertz CT molecular complexity index is 724. The van der Waals surface area contributed by atoms with E-state index < -0.39 is 11.0 Å². The lowest BCUT2D eigenvalue weighted by molar-refractivity contribution is -0.383. The Kier molecular flexibility index (Phi) is 5.18. The Morgan fingerprint density at radius 2 is 1.62 bits per heavy atom. The van der Waals surface area contributed by atoms with Crippen molar-refractivity contribution in [3.05, 3.63) is 70.3 Å². The van der Waals surface area contributed by atoms with E-state index in [-0.39, 0.29) is 22.8 Å². The van der Waals surface area contributed by atoms with E-state index in [4.69, 9.17) is 0 Å². The van der Waals surface area contributed by atoms with Gasteiger partial charge in [0.1, 0.15) is 5.69 Å². The molecule has 1 unspecified atom stereocenters. The summed E-state index contributed by atoms with van der Waals surface area (Å²) in [5.74, 6) is 0. The number of amides is 2. The van der Waals surface area contributed by atoms with Crippen molar-refractivity contribution in [1.29, 1.82) is 0 Å². The number of nitrogens with zero attached hydrogens (tertiary/aromatic N) is 1. The van der Waals surface area contributed by atoms with Crippen LogP contribution in [0.1, 0.15) is 32.4 Å². The fraction of sp³-hybridized carbons (Fsp3) is 0.278. The number of para-hydroxylation sites is 2. The van der Waals surface area contributed by atoms with Gasteiger partial charge in [-0.3, -0.25) is 10.1 Å². The molecule has 24 heavy (non-hydrogen) atoms. The van der Waals surface area contributed by atoms with Crippen LogP contribution in [-0.4, -0.2) is 11.0 Å². The molecule has 0 aliphatic rings. The summed E-state index contributed by atoms with van der Waals surface area (Å²) >= 11 is 0. The van der Waals surface area contributed by atoms with Gasteiger partial charge >= 0.3 is 6.03 Å². The number of nitro groups is 1. The highest BCUT2D eigenvalue weighted by Crippen LogP contribution is 2.33. The van der Waals surface area contributed by atoms with Crippen LogP contribution in [0, 0.1) is 15.5 Å². The quantitative estimate of drug-likeness (QED) is 0.640. The predicted octanol–water partition coefficient (Wildman–Crippen LogP) is 4.50. The maximum Gasteiger partial charge on any atom is 0.319 e. The second-order valence-corrected chi connectivity index (χ2v) is 6.58. The number of hydrogen-bond donors (Lipinski definition) is 2. The van der Waals surface area contributed by atoms with E-state index >= 15 is 0 Å². The van der Waals surface area contributed by atoms with Gasteiger partial charge in [0.05, 0.1) is 11.0 Å². The molecule has 0 fully saturated rings. The Balaban J connectivity index is 2.19. The van der Waals surface area contributed by atoms with Crippen LogP contribution in [0.15, 0.2) is 54.6 Å². The zero-order chi connectivity index (χ0) is 17.7. The first-order valence-electron chi connectivity index (χ1n) is 7.65. The van der Waals surface area contributed by atoms with Gasteiger partial charge in [0, 0.05) is 6.07 Å². The van der Waals surface area contributed by atoms with Gasteiger partial charge in [-0.1, -0.05) is 63.2 Å². The third kappa shape index (κ3) is 4.32. The molecule has 2 aromatic carbocycles. The fourth-order valence-corrected chi connectivity index (χ4v) is 2.47. The van der Waals surface area contributed by atoms with Gasteiger partial charge in [-0.2, -0.15) is 0 Å². The van der Waals surface area contributed by atoms with Crippen molar-refractivity contribution in [2.75, 3.05) is 5.32 Å². The third-order valence-corrected chi connectivity index (χ3v) is 3.62. The molecule has 0 aromatic heterocycles. The zero-order valence-electron chi connectivity index (χ0n) is 13.9. The lowest BCUT2D eigenvalue weighted by Crippen LogP contribution is -2.39. The van der Waals surface area contributed by atoms with Crippen molar-refractivity contribution < 1.29 is 9.72 Å². The van der Waals surface area contributed by atoms with E-state index in [0.717, 1.165) is 5.56 Å². The van der Waals surface area contributed by atoms with Gasteiger partial charge < -0.3 is 10.6 Å². The Labute approximate surface area is 141 Å². The first-order valence-corrected chi connectivity index (χ1v) is 7.65. The number of hydrogen-bond acceptors (Lipinski definition) is 3. The van der Waals surface area contributed by atoms with E-state index in [9.17, 15) is 14.9 Å². The lowest BCUT2D eigenvalue weighted by atomic mass is 9.82. The molecular weight excluding hydrogens is 306 g/mol. The topological polar surface area (TPSA) is 84.3 Å². The summed E-state index contributed by atoms with van der Waals surface area (Å²) in [4.78, 5) is 22.9. The maximum atomic E-state index is 12.4. The second-order valence-electron chi connectivity index (χ2n) is 6.58. The molecule has 0 bridgehead atoms. The van der Waals surface area contributed by atoms with Crippen molar-refractivity contribution in [3.8, 4) is 0 Å². The van der Waals surface area contributed by atoms with Gasteiger partial charge in [-0.15, -0.1) is 0 Å². The summed E-state index contributed by atoms with van der Waals surface area (Å²) in [7, 11) is 0. The van der Waals surface area contributed by atoms with Crippen LogP contribution in [0.2, 0.25) is 0 Å². The van der Waals surface area contributed by atoms with E-state index in [2.05, 4.69) is 10.6 Å². The molecule has 0 saturated heterocycles. The molecule has 0 spiro atoms. The average Bonchev–Trinajstić information content (AvgIpc) is 2.52. The largest absolute Gasteiger partial charge is 0.331 e. The van der Waals surface area contributed by atoms with Gasteiger partial charge in [-0.05, 0) is 17.0 Å². The number of nitrogens with one attached hydrogen (secondary N) is 2. The van der Waals surface area contributed by atoms with Crippen LogP contribution in [0.4, 0.5) is 16.2 Å². The highest BCUT2D eigenvalue weighted by Gasteiger charge is 2.28. The van der Waals surface area contributed by atoms with Crippen LogP contribution in [0.3, 0.4) is 0 Å². The van der Waals surface area contributed by atoms with Crippen molar-refractivity contribution in [3.63, 3.8) is 0 Å². The molecular formula is C18H21N3O3. The van der Waals surface area contributed by atoms with Crippen LogP contribution in [-0.2, 0) is 0 Å². The summed E-state index contributed by atoms with van der Waals surface area (Å²) < 4.78 is 0. The predicted molar refractivity (Wildman–Crippen MR) is 93.9 cm³/mol. The van der Waals surface area contributed by atoms with Crippen molar-refractivity contribution >= 4 is 17.4 Å². The zero-order valence-corrected chi connectivity index (χ0v) is 13.9. The van der Waals surface area contributed by atoms with Crippen molar-refractivity contribution in [1.82, 2.24) is 5.32 Å². The minimum absolute atomic E-state index is 0.139. The number of benzene rings is 2. The minimum Gasteiger partial charge on any atom is -0.331 e. The van der Waals surface area contributed by atoms with E-state index in [0.29, 0.717) is 0 Å². The van der Waals surface area contributed by atoms with Crippen LogP contribution < -0.4 is 10.6 Å². The number of anilines is 1. The Hall–Kier alpha value is -2.89. The molecule has 0 radical (unpaired) electrons. The smallest absolute Gasteiger partial charge is 0.319 e. The summed E-state index contributed by atoms with van der Waals surface area (Å²) in [6.45, 7) is 6.07. The molecule has 0 saturated carbocycles. The first kappa shape index (κ1) is 17.5. The number of nitro benzene ring substituents is 1. The van der Waals surface area contributed by atoms with Crippen molar-refractivity contribution in [2.45, 2.75) is 26.8 Å². The average molecular weight is 327 g/mol. The van der Waals surface area contributed by atoms with Gasteiger partial charge in [0.15, 0.2) is 0 Å². The molecule has 6 heteroatoms. The molecule has 2 N–H and O–H groups in total. The molecule has 2 amide bonds. The van der Waals surface area contributed by atoms with Crippen molar-refractivity contribution in [2.24, 2.45) is 5.41 Å². The summed E-state index contributed by atoms with van der Waals surface area (Å²) in [5.41, 5.74) is 0.782. The molecule has 0 aliphatic heterocycles. The molecule has 2 rings (SSSR count). The van der Waals surface area contributed by atoms with E-state index in [1.807, 2.05) is 51.1 Å². The molecule has 6 nitrogen and oxygen atoms in total. The number of urea groups is 1. The van der Waals surface area contributed by atoms with Gasteiger partial charge in [0.25, 0.3) is 5.69 Å². The second kappa shape index (κ2) is 7.12. The maximum absolute atomic E-state index is 12.4. The molecule has 126 valence electrons. The van der Waals surface area contributed by atoms with E-state index in [1.54, 1.807) is 12.1 Å². The molecule has 1 atom stereocenters.